The van der Waals surface area contributed by atoms with Gasteiger partial charge in [-0.3, -0.25) is 0 Å². The summed E-state index contributed by atoms with van der Waals surface area (Å²) >= 11 is 0. The van der Waals surface area contributed by atoms with Crippen molar-refractivity contribution in [2.45, 2.75) is 24.5 Å². The Morgan fingerprint density at radius 1 is 1.33 bits per heavy atom. The first-order chi connectivity index (χ1) is 5.81. The summed E-state index contributed by atoms with van der Waals surface area (Å²) in [4.78, 5) is 4.34. The number of hydrogen-bond donors (Lipinski definition) is 0. The van der Waals surface area contributed by atoms with Crippen LogP contribution in [0.4, 0.5) is 0 Å². The molecule has 2 heterocycles. The summed E-state index contributed by atoms with van der Waals surface area (Å²) in [6.07, 6.45) is 3.56. The Morgan fingerprint density at radius 2 is 2.25 bits per heavy atom. The second-order valence-corrected chi connectivity index (χ2v) is 5.19. The van der Waals surface area contributed by atoms with Crippen LogP contribution < -0.4 is 0 Å². The molecule has 0 spiro atoms. The lowest BCUT2D eigenvalue weighted by atomic mass is 10.1. The van der Waals surface area contributed by atoms with Crippen molar-refractivity contribution < 1.29 is 9.47 Å². The monoisotopic (exact) mass is 185 g/mol. The highest BCUT2D eigenvalue weighted by Crippen LogP contribution is 2.25. The molecule has 0 saturated carbocycles. The maximum Gasteiger partial charge on any atom is 0.211 e. The molecule has 0 radical (unpaired) electrons. The van der Waals surface area contributed by atoms with Gasteiger partial charge in [-0.15, -0.1) is 0 Å². The van der Waals surface area contributed by atoms with Crippen LogP contribution in [-0.2, 0) is 9.47 Å². The van der Waals surface area contributed by atoms with Gasteiger partial charge in [-0.2, -0.15) is 0 Å². The second-order valence-electron chi connectivity index (χ2n) is 3.57. The van der Waals surface area contributed by atoms with E-state index in [-0.39, 0.29) is 5.22 Å². The van der Waals surface area contributed by atoms with Gasteiger partial charge in [-0.05, 0) is 19.3 Å². The zero-order chi connectivity index (χ0) is 8.44. The van der Waals surface area contributed by atoms with Crippen LogP contribution in [0.3, 0.4) is 0 Å². The molecule has 1 saturated heterocycles. The fourth-order valence-electron chi connectivity index (χ4n) is 1.76. The van der Waals surface area contributed by atoms with E-state index >= 15 is 0 Å². The van der Waals surface area contributed by atoms with Gasteiger partial charge in [0.2, 0.25) is 5.90 Å². The topological polar surface area (TPSA) is 30.8 Å². The van der Waals surface area contributed by atoms with Gasteiger partial charge >= 0.3 is 0 Å². The lowest BCUT2D eigenvalue weighted by Crippen LogP contribution is -2.45. The summed E-state index contributed by atoms with van der Waals surface area (Å²) in [6.45, 7) is 2.46. The number of aliphatic imine (C=N–C) groups is 1. The van der Waals surface area contributed by atoms with E-state index in [1.54, 1.807) is 0 Å². The first-order valence-electron chi connectivity index (χ1n) is 4.63. The molecule has 4 heteroatoms. The lowest BCUT2D eigenvalue weighted by Gasteiger charge is -2.32. The number of ether oxygens (including phenoxy) is 2. The molecule has 2 rings (SSSR count). The Balaban J connectivity index is 2.07. The molecule has 2 aliphatic rings. The van der Waals surface area contributed by atoms with Crippen LogP contribution in [-0.4, -0.2) is 41.1 Å². The van der Waals surface area contributed by atoms with Crippen molar-refractivity contribution in [2.75, 3.05) is 19.8 Å². The van der Waals surface area contributed by atoms with E-state index < -0.39 is 0 Å². The zero-order valence-corrected chi connectivity index (χ0v) is 9.51. The maximum absolute atomic E-state index is 5.76. The molecule has 2 aliphatic heterocycles. The molecule has 0 aromatic rings. The summed E-state index contributed by atoms with van der Waals surface area (Å²) in [7, 11) is 0.994. The quantitative estimate of drug-likeness (QED) is 0.524. The van der Waals surface area contributed by atoms with Crippen molar-refractivity contribution in [1.82, 2.24) is 0 Å². The van der Waals surface area contributed by atoms with Gasteiger partial charge in [0.15, 0.2) is 0 Å². The van der Waals surface area contributed by atoms with Crippen LogP contribution in [0.25, 0.3) is 0 Å². The largest absolute Gasteiger partial charge is 0.477 e. The molecule has 0 aromatic heterocycles. The van der Waals surface area contributed by atoms with Gasteiger partial charge in [0.1, 0.15) is 11.8 Å². The van der Waals surface area contributed by atoms with Crippen LogP contribution in [0.2, 0.25) is 0 Å². The third-order valence-electron chi connectivity index (χ3n) is 2.51. The highest BCUT2D eigenvalue weighted by Gasteiger charge is 2.36. The molecule has 0 bridgehead atoms. The summed E-state index contributed by atoms with van der Waals surface area (Å²) in [6, 6.07) is 0. The Bertz CT molecular complexity index is 199. The predicted molar refractivity (Wildman–Crippen MR) is 50.7 cm³/mol. The molecule has 0 amide bonds. The smallest absolute Gasteiger partial charge is 0.211 e. The summed E-state index contributed by atoms with van der Waals surface area (Å²) in [5.74, 6) is 0.883. The minimum Gasteiger partial charge on any atom is -0.477 e. The van der Waals surface area contributed by atoms with E-state index in [1.165, 1.54) is 12.8 Å². The molecule has 1 unspecified atom stereocenters. The van der Waals surface area contributed by atoms with Crippen molar-refractivity contribution in [3.63, 3.8) is 0 Å². The van der Waals surface area contributed by atoms with Gasteiger partial charge < -0.3 is 9.47 Å². The van der Waals surface area contributed by atoms with Crippen molar-refractivity contribution in [2.24, 2.45) is 4.99 Å². The third-order valence-corrected chi connectivity index (χ3v) is 3.72. The predicted octanol–water partition coefficient (Wildman–Crippen LogP) is -0.323. The standard InChI is InChI=1S/C8H15NO2Si/c12-8(3-1-2-5-11-8)7-9-4-6-10-7/h1-6H2,12H3. The fraction of sp³-hybridized carbons (Fsp3) is 0.875. The van der Waals surface area contributed by atoms with E-state index in [4.69, 9.17) is 9.47 Å². The average Bonchev–Trinajstić information content (AvgIpc) is 2.58. The van der Waals surface area contributed by atoms with E-state index in [0.29, 0.717) is 0 Å². The van der Waals surface area contributed by atoms with E-state index in [9.17, 15) is 0 Å². The minimum absolute atomic E-state index is 0.0747. The third kappa shape index (κ3) is 1.41. The fourth-order valence-corrected chi connectivity index (χ4v) is 2.62. The molecule has 3 nitrogen and oxygen atoms in total. The summed E-state index contributed by atoms with van der Waals surface area (Å²) in [5, 5.41) is -0.0747. The molecule has 1 atom stereocenters. The Labute approximate surface area is 75.6 Å². The summed E-state index contributed by atoms with van der Waals surface area (Å²) in [5.41, 5.74) is 0. The molecular weight excluding hydrogens is 170 g/mol. The van der Waals surface area contributed by atoms with Crippen LogP contribution in [0.1, 0.15) is 19.3 Å². The van der Waals surface area contributed by atoms with Crippen molar-refractivity contribution in [3.8, 4) is 0 Å². The maximum atomic E-state index is 5.76. The molecular formula is C8H15NO2Si. The molecule has 68 valence electrons. The normalized spacial score (nSPS) is 36.2. The number of nitrogens with zero attached hydrogens (tertiary/aromatic N) is 1. The number of hydrogen-bond acceptors (Lipinski definition) is 3. The van der Waals surface area contributed by atoms with Crippen LogP contribution >= 0.6 is 0 Å². The highest BCUT2D eigenvalue weighted by atomic mass is 28.1. The summed E-state index contributed by atoms with van der Waals surface area (Å²) < 4.78 is 11.2. The SMILES string of the molecule is [SiH3]C1(C2=NCCO2)CCCCO1. The second kappa shape index (κ2) is 3.18. The van der Waals surface area contributed by atoms with Crippen LogP contribution in [0.5, 0.6) is 0 Å². The Hall–Kier alpha value is -0.353. The van der Waals surface area contributed by atoms with Gasteiger partial charge in [-0.1, -0.05) is 0 Å². The van der Waals surface area contributed by atoms with Gasteiger partial charge in [-0.25, -0.2) is 4.99 Å². The average molecular weight is 185 g/mol. The molecule has 0 N–H and O–H groups in total. The lowest BCUT2D eigenvalue weighted by molar-refractivity contribution is 0.0152. The first kappa shape index (κ1) is 8.25. The first-order valence-corrected chi connectivity index (χ1v) is 5.63. The Morgan fingerprint density at radius 3 is 2.83 bits per heavy atom. The van der Waals surface area contributed by atoms with E-state index in [0.717, 1.165) is 42.3 Å². The molecule has 1 fully saturated rings. The van der Waals surface area contributed by atoms with Gasteiger partial charge in [0.25, 0.3) is 0 Å². The minimum atomic E-state index is -0.0747. The molecule has 0 aliphatic carbocycles. The van der Waals surface area contributed by atoms with Crippen molar-refractivity contribution in [3.05, 3.63) is 0 Å². The van der Waals surface area contributed by atoms with E-state index in [1.807, 2.05) is 0 Å². The van der Waals surface area contributed by atoms with Gasteiger partial charge in [0.05, 0.1) is 16.8 Å². The van der Waals surface area contributed by atoms with Crippen LogP contribution in [0, 0.1) is 0 Å². The Kier molecular flexibility index (Phi) is 2.19. The van der Waals surface area contributed by atoms with Gasteiger partial charge in [0, 0.05) is 6.61 Å². The molecule has 0 aromatic carbocycles. The van der Waals surface area contributed by atoms with Crippen LogP contribution in [0.15, 0.2) is 4.99 Å². The van der Waals surface area contributed by atoms with Crippen molar-refractivity contribution >= 4 is 16.1 Å². The van der Waals surface area contributed by atoms with Crippen molar-refractivity contribution in [1.29, 1.82) is 0 Å². The number of rotatable bonds is 1. The van der Waals surface area contributed by atoms with E-state index in [2.05, 4.69) is 4.99 Å². The zero-order valence-electron chi connectivity index (χ0n) is 7.51. The highest BCUT2D eigenvalue weighted by molar-refractivity contribution is 6.27. The molecule has 12 heavy (non-hydrogen) atoms.